The lowest BCUT2D eigenvalue weighted by Crippen LogP contribution is -2.35. The number of anilines is 1. The van der Waals surface area contributed by atoms with Gasteiger partial charge < -0.3 is 19.7 Å². The Balaban J connectivity index is 1.72. The lowest BCUT2D eigenvalue weighted by Gasteiger charge is -2.21. The van der Waals surface area contributed by atoms with Crippen molar-refractivity contribution in [2.45, 2.75) is 13.3 Å². The third-order valence-electron chi connectivity index (χ3n) is 3.83. The number of nitrogens with zero attached hydrogens (tertiary/aromatic N) is 1. The number of ether oxygens (including phenoxy) is 2. The van der Waals surface area contributed by atoms with Crippen molar-refractivity contribution in [3.05, 3.63) is 54.3 Å². The van der Waals surface area contributed by atoms with Gasteiger partial charge in [0.1, 0.15) is 23.9 Å². The number of hydrogen-bond donors (Lipinski definition) is 1. The van der Waals surface area contributed by atoms with Crippen molar-refractivity contribution in [2.24, 2.45) is 0 Å². The first kappa shape index (κ1) is 20.2. The molecule has 0 aliphatic heterocycles. The Hall–Kier alpha value is -3.09. The van der Waals surface area contributed by atoms with Crippen LogP contribution in [0.3, 0.4) is 0 Å². The highest BCUT2D eigenvalue weighted by Gasteiger charge is 2.13. The maximum absolute atomic E-state index is 13.0. The van der Waals surface area contributed by atoms with Crippen molar-refractivity contribution >= 4 is 17.5 Å². The third-order valence-corrected chi connectivity index (χ3v) is 3.83. The Labute approximate surface area is 157 Å². The van der Waals surface area contributed by atoms with E-state index in [-0.39, 0.29) is 30.6 Å². The molecule has 0 aromatic heterocycles. The van der Waals surface area contributed by atoms with Crippen molar-refractivity contribution < 1.29 is 23.5 Å². The second-order valence-corrected chi connectivity index (χ2v) is 5.77. The van der Waals surface area contributed by atoms with Crippen LogP contribution in [-0.4, -0.2) is 38.6 Å². The van der Waals surface area contributed by atoms with Crippen LogP contribution in [-0.2, 0) is 9.59 Å². The summed E-state index contributed by atoms with van der Waals surface area (Å²) in [5.74, 6) is 0.645. The summed E-state index contributed by atoms with van der Waals surface area (Å²) in [4.78, 5) is 25.2. The number of carbonyl (C=O) groups excluding carboxylic acids is 2. The molecular weight excluding hydrogens is 351 g/mol. The second-order valence-electron chi connectivity index (χ2n) is 5.77. The molecule has 0 heterocycles. The molecule has 144 valence electrons. The lowest BCUT2D eigenvalue weighted by molar-refractivity contribution is -0.121. The second kappa shape index (κ2) is 10.2. The molecule has 0 bridgehead atoms. The van der Waals surface area contributed by atoms with Crippen LogP contribution in [0.5, 0.6) is 11.5 Å². The first-order chi connectivity index (χ1) is 13.0. The molecule has 0 spiro atoms. The summed E-state index contributed by atoms with van der Waals surface area (Å²) in [6, 6.07) is 12.7. The minimum absolute atomic E-state index is 0.138. The van der Waals surface area contributed by atoms with Gasteiger partial charge in [0.25, 0.3) is 0 Å². The zero-order chi connectivity index (χ0) is 19.6. The molecule has 1 N–H and O–H groups in total. The van der Waals surface area contributed by atoms with Gasteiger partial charge in [-0.2, -0.15) is 0 Å². The number of hydrogen-bond acceptors (Lipinski definition) is 4. The number of methoxy groups -OCH3 is 1. The zero-order valence-corrected chi connectivity index (χ0v) is 15.4. The van der Waals surface area contributed by atoms with Gasteiger partial charge in [0.05, 0.1) is 13.7 Å². The van der Waals surface area contributed by atoms with Crippen LogP contribution in [0.25, 0.3) is 0 Å². The number of halogens is 1. The highest BCUT2D eigenvalue weighted by atomic mass is 19.1. The van der Waals surface area contributed by atoms with E-state index in [1.807, 2.05) is 0 Å². The van der Waals surface area contributed by atoms with Crippen molar-refractivity contribution in [3.63, 3.8) is 0 Å². The summed E-state index contributed by atoms with van der Waals surface area (Å²) < 4.78 is 23.6. The molecule has 2 aromatic carbocycles. The first-order valence-electron chi connectivity index (χ1n) is 8.57. The van der Waals surface area contributed by atoms with Crippen LogP contribution in [0.1, 0.15) is 13.3 Å². The van der Waals surface area contributed by atoms with Crippen molar-refractivity contribution in [3.8, 4) is 11.5 Å². The molecule has 27 heavy (non-hydrogen) atoms. The summed E-state index contributed by atoms with van der Waals surface area (Å²) in [7, 11) is 1.59. The molecule has 0 saturated heterocycles. The summed E-state index contributed by atoms with van der Waals surface area (Å²) >= 11 is 0. The van der Waals surface area contributed by atoms with Crippen LogP contribution < -0.4 is 19.7 Å². The van der Waals surface area contributed by atoms with Crippen molar-refractivity contribution in [1.29, 1.82) is 0 Å². The lowest BCUT2D eigenvalue weighted by atomic mass is 10.2. The van der Waals surface area contributed by atoms with Crippen LogP contribution in [0.15, 0.2) is 48.5 Å². The van der Waals surface area contributed by atoms with E-state index in [9.17, 15) is 14.0 Å². The fraction of sp³-hybridized carbons (Fsp3) is 0.300. The van der Waals surface area contributed by atoms with Crippen molar-refractivity contribution in [2.75, 3.05) is 31.7 Å². The predicted molar refractivity (Wildman–Crippen MR) is 101 cm³/mol. The normalized spacial score (nSPS) is 10.2. The van der Waals surface area contributed by atoms with Gasteiger partial charge >= 0.3 is 0 Å². The Bertz CT molecular complexity index is 748. The van der Waals surface area contributed by atoms with Gasteiger partial charge in [-0.1, -0.05) is 0 Å². The number of benzene rings is 2. The topological polar surface area (TPSA) is 67.9 Å². The molecule has 0 unspecified atom stereocenters. The molecular formula is C20H23FN2O4. The molecule has 0 saturated carbocycles. The molecule has 6 nitrogen and oxygen atoms in total. The van der Waals surface area contributed by atoms with Crippen LogP contribution in [0, 0.1) is 5.82 Å². The molecule has 0 aliphatic carbocycles. The number of carbonyl (C=O) groups is 2. The monoisotopic (exact) mass is 374 g/mol. The van der Waals surface area contributed by atoms with E-state index in [2.05, 4.69) is 5.32 Å². The van der Waals surface area contributed by atoms with Gasteiger partial charge in [-0.15, -0.1) is 0 Å². The summed E-state index contributed by atoms with van der Waals surface area (Å²) in [5.41, 5.74) is 0.555. The van der Waals surface area contributed by atoms with Gasteiger partial charge in [-0.25, -0.2) is 4.39 Å². The molecule has 2 amide bonds. The van der Waals surface area contributed by atoms with Crippen LogP contribution in [0.2, 0.25) is 0 Å². The fourth-order valence-electron chi connectivity index (χ4n) is 2.42. The van der Waals surface area contributed by atoms with E-state index >= 15 is 0 Å². The molecule has 0 fully saturated rings. The molecule has 0 radical (unpaired) electrons. The summed E-state index contributed by atoms with van der Waals surface area (Å²) in [6.07, 6.45) is 0.138. The van der Waals surface area contributed by atoms with E-state index in [0.717, 1.165) is 5.75 Å². The smallest absolute Gasteiger partial charge is 0.223 e. The Morgan fingerprint density at radius 2 is 1.67 bits per heavy atom. The Morgan fingerprint density at radius 3 is 2.26 bits per heavy atom. The fourth-order valence-corrected chi connectivity index (χ4v) is 2.42. The molecule has 0 atom stereocenters. The minimum Gasteiger partial charge on any atom is -0.497 e. The maximum Gasteiger partial charge on any atom is 0.223 e. The van der Waals surface area contributed by atoms with E-state index in [4.69, 9.17) is 9.47 Å². The minimum atomic E-state index is -0.378. The van der Waals surface area contributed by atoms with Gasteiger partial charge in [-0.05, 0) is 48.5 Å². The van der Waals surface area contributed by atoms with Crippen LogP contribution in [0.4, 0.5) is 10.1 Å². The highest BCUT2D eigenvalue weighted by Crippen LogP contribution is 2.17. The number of rotatable bonds is 9. The van der Waals surface area contributed by atoms with Crippen molar-refractivity contribution in [1.82, 2.24) is 5.32 Å². The highest BCUT2D eigenvalue weighted by molar-refractivity contribution is 5.92. The first-order valence-corrected chi connectivity index (χ1v) is 8.57. The van der Waals surface area contributed by atoms with E-state index in [1.54, 1.807) is 31.4 Å². The average molecular weight is 374 g/mol. The summed E-state index contributed by atoms with van der Waals surface area (Å²) in [5, 5.41) is 2.74. The molecule has 2 aromatic rings. The average Bonchev–Trinajstić information content (AvgIpc) is 2.67. The predicted octanol–water partition coefficient (Wildman–Crippen LogP) is 2.77. The van der Waals surface area contributed by atoms with Gasteiger partial charge in [0.15, 0.2) is 0 Å². The van der Waals surface area contributed by atoms with E-state index < -0.39 is 0 Å². The molecule has 2 rings (SSSR count). The standard InChI is InChI=1S/C20H23FN2O4/c1-15(24)23(17-5-3-16(21)4-6-17)13-11-20(25)22-12-14-27-19-9-7-18(26-2)8-10-19/h3-10H,11-14H2,1-2H3,(H,22,25). The zero-order valence-electron chi connectivity index (χ0n) is 15.4. The maximum atomic E-state index is 13.0. The Morgan fingerprint density at radius 1 is 1.04 bits per heavy atom. The van der Waals surface area contributed by atoms with E-state index in [1.165, 1.54) is 36.1 Å². The Kier molecular flexibility index (Phi) is 7.61. The molecule has 7 heteroatoms. The van der Waals surface area contributed by atoms with Gasteiger partial charge in [-0.3, -0.25) is 9.59 Å². The third kappa shape index (κ3) is 6.62. The quantitative estimate of drug-likeness (QED) is 0.686. The number of amides is 2. The largest absolute Gasteiger partial charge is 0.497 e. The van der Waals surface area contributed by atoms with E-state index in [0.29, 0.717) is 24.6 Å². The number of nitrogens with one attached hydrogen (secondary N) is 1. The van der Waals surface area contributed by atoms with Crippen LogP contribution >= 0.6 is 0 Å². The SMILES string of the molecule is COc1ccc(OCCNC(=O)CCN(C(C)=O)c2ccc(F)cc2)cc1. The van der Waals surface area contributed by atoms with Gasteiger partial charge in [0.2, 0.25) is 11.8 Å². The molecule has 0 aliphatic rings. The summed E-state index contributed by atoms with van der Waals surface area (Å²) in [6.45, 7) is 2.30. The van der Waals surface area contributed by atoms with Gasteiger partial charge in [0, 0.05) is 25.6 Å².